The van der Waals surface area contributed by atoms with Crippen LogP contribution in [0.15, 0.2) is 72.8 Å². The molecule has 3 aromatic carbocycles. The fraction of sp³-hybridized carbons (Fsp3) is 0.250. The Morgan fingerprint density at radius 1 is 1.09 bits per heavy atom. The summed E-state index contributed by atoms with van der Waals surface area (Å²) < 4.78 is 14.1. The molecule has 0 saturated heterocycles. The van der Waals surface area contributed by atoms with Gasteiger partial charge in [0.25, 0.3) is 0 Å². The molecule has 168 valence electrons. The number of aromatic nitrogens is 1. The van der Waals surface area contributed by atoms with E-state index in [1.807, 2.05) is 18.2 Å². The first kappa shape index (κ1) is 21.1. The number of fused-ring (bicyclic) bond motifs is 2. The van der Waals surface area contributed by atoms with E-state index < -0.39 is 11.9 Å². The third-order valence-electron chi connectivity index (χ3n) is 6.58. The van der Waals surface area contributed by atoms with Gasteiger partial charge in [0.1, 0.15) is 18.1 Å². The highest BCUT2D eigenvalue weighted by atomic mass is 16.5. The molecule has 0 radical (unpaired) electrons. The summed E-state index contributed by atoms with van der Waals surface area (Å²) >= 11 is 0. The van der Waals surface area contributed by atoms with Crippen LogP contribution in [0.4, 0.5) is 0 Å². The summed E-state index contributed by atoms with van der Waals surface area (Å²) in [5.74, 6) is 0.0245. The Labute approximate surface area is 193 Å². The Bertz CT molecular complexity index is 1310. The molecule has 2 heterocycles. The highest BCUT2D eigenvalue weighted by Gasteiger charge is 2.33. The van der Waals surface area contributed by atoms with Crippen LogP contribution in [0, 0.1) is 12.8 Å². The lowest BCUT2D eigenvalue weighted by atomic mass is 9.89. The van der Waals surface area contributed by atoms with Crippen LogP contribution in [0.1, 0.15) is 35.2 Å². The molecule has 0 aliphatic carbocycles. The Kier molecular flexibility index (Phi) is 5.55. The summed E-state index contributed by atoms with van der Waals surface area (Å²) in [4.78, 5) is 11.3. The van der Waals surface area contributed by atoms with Crippen molar-refractivity contribution in [3.8, 4) is 11.5 Å². The third kappa shape index (κ3) is 4.19. The number of ether oxygens (including phenoxy) is 2. The number of carbonyl (C=O) groups is 1. The van der Waals surface area contributed by atoms with Crippen LogP contribution >= 0.6 is 0 Å². The molecular formula is C28H27NO4. The highest BCUT2D eigenvalue weighted by Crippen LogP contribution is 2.40. The molecule has 0 fully saturated rings. The van der Waals surface area contributed by atoms with Gasteiger partial charge >= 0.3 is 5.97 Å². The number of rotatable bonds is 7. The van der Waals surface area contributed by atoms with Crippen LogP contribution in [-0.2, 0) is 17.9 Å². The van der Waals surface area contributed by atoms with Crippen molar-refractivity contribution in [2.75, 3.05) is 6.61 Å². The standard InChI is InChI=1S/C28H27NO4/c1-18-13-22-5-3-4-6-26(22)29(18)15-20-7-9-21(10-8-20)16-32-23-11-12-24-25(19(2)28(30)31)17-33-27(24)14-23/h3-14,19,25H,15-17H2,1-2H3,(H,30,31). The van der Waals surface area contributed by atoms with Gasteiger partial charge in [-0.25, -0.2) is 0 Å². The molecule has 1 aliphatic heterocycles. The fourth-order valence-electron chi connectivity index (χ4n) is 4.54. The zero-order valence-corrected chi connectivity index (χ0v) is 18.8. The number of hydrogen-bond donors (Lipinski definition) is 1. The minimum absolute atomic E-state index is 0.125. The fourth-order valence-corrected chi connectivity index (χ4v) is 4.54. The lowest BCUT2D eigenvalue weighted by molar-refractivity contribution is -0.142. The van der Waals surface area contributed by atoms with E-state index in [4.69, 9.17) is 9.47 Å². The van der Waals surface area contributed by atoms with E-state index in [1.54, 1.807) is 6.92 Å². The molecule has 1 aromatic heterocycles. The van der Waals surface area contributed by atoms with Crippen molar-refractivity contribution in [1.82, 2.24) is 4.57 Å². The van der Waals surface area contributed by atoms with Gasteiger partial charge in [0.05, 0.1) is 12.5 Å². The van der Waals surface area contributed by atoms with Gasteiger partial charge in [-0.1, -0.05) is 55.5 Å². The largest absolute Gasteiger partial charge is 0.492 e. The maximum Gasteiger partial charge on any atom is 0.306 e. The maximum absolute atomic E-state index is 11.3. The number of para-hydroxylation sites is 1. The molecule has 33 heavy (non-hydrogen) atoms. The first-order valence-electron chi connectivity index (χ1n) is 11.2. The Balaban J connectivity index is 1.23. The van der Waals surface area contributed by atoms with E-state index in [2.05, 4.69) is 66.1 Å². The lowest BCUT2D eigenvalue weighted by Crippen LogP contribution is -2.19. The average molecular weight is 442 g/mol. The molecule has 2 unspecified atom stereocenters. The van der Waals surface area contributed by atoms with E-state index in [0.717, 1.165) is 29.2 Å². The SMILES string of the molecule is Cc1cc2ccccc2n1Cc1ccc(COc2ccc3c(c2)OCC3C(C)C(=O)O)cc1. The first-order chi connectivity index (χ1) is 16.0. The van der Waals surface area contributed by atoms with Gasteiger partial charge in [-0.05, 0) is 41.6 Å². The zero-order chi connectivity index (χ0) is 22.9. The van der Waals surface area contributed by atoms with Crippen LogP contribution in [0.5, 0.6) is 11.5 Å². The van der Waals surface area contributed by atoms with Crippen LogP contribution in [0.25, 0.3) is 10.9 Å². The number of nitrogens with zero attached hydrogens (tertiary/aromatic N) is 1. The molecule has 0 bridgehead atoms. The minimum Gasteiger partial charge on any atom is -0.492 e. The minimum atomic E-state index is -0.805. The summed E-state index contributed by atoms with van der Waals surface area (Å²) in [7, 11) is 0. The zero-order valence-electron chi connectivity index (χ0n) is 18.8. The molecule has 5 rings (SSSR count). The Hall–Kier alpha value is -3.73. The second-order valence-corrected chi connectivity index (χ2v) is 8.78. The number of carboxylic acid groups (broad SMARTS) is 1. The molecule has 5 heteroatoms. The van der Waals surface area contributed by atoms with E-state index in [0.29, 0.717) is 13.2 Å². The molecule has 1 aliphatic rings. The lowest BCUT2D eigenvalue weighted by Gasteiger charge is -2.14. The van der Waals surface area contributed by atoms with Crippen molar-refractivity contribution >= 4 is 16.9 Å². The molecule has 0 saturated carbocycles. The summed E-state index contributed by atoms with van der Waals surface area (Å²) in [5, 5.41) is 10.6. The number of hydrogen-bond acceptors (Lipinski definition) is 3. The van der Waals surface area contributed by atoms with Gasteiger partial charge in [0.2, 0.25) is 0 Å². The molecule has 2 atom stereocenters. The van der Waals surface area contributed by atoms with Crippen LogP contribution in [0.2, 0.25) is 0 Å². The van der Waals surface area contributed by atoms with Gasteiger partial charge in [-0.15, -0.1) is 0 Å². The van der Waals surface area contributed by atoms with Crippen molar-refractivity contribution in [3.63, 3.8) is 0 Å². The monoisotopic (exact) mass is 441 g/mol. The summed E-state index contributed by atoms with van der Waals surface area (Å²) in [6, 6.07) is 24.9. The van der Waals surface area contributed by atoms with Crippen molar-refractivity contribution in [1.29, 1.82) is 0 Å². The topological polar surface area (TPSA) is 60.7 Å². The predicted octanol–water partition coefficient (Wildman–Crippen LogP) is 5.77. The van der Waals surface area contributed by atoms with E-state index in [1.165, 1.54) is 22.2 Å². The van der Waals surface area contributed by atoms with Crippen molar-refractivity contribution < 1.29 is 19.4 Å². The third-order valence-corrected chi connectivity index (χ3v) is 6.58. The van der Waals surface area contributed by atoms with Gasteiger partial charge in [-0.2, -0.15) is 0 Å². The van der Waals surface area contributed by atoms with Gasteiger partial charge in [-0.3, -0.25) is 4.79 Å². The summed E-state index contributed by atoms with van der Waals surface area (Å²) in [6.07, 6.45) is 0. The maximum atomic E-state index is 11.3. The van der Waals surface area contributed by atoms with E-state index >= 15 is 0 Å². The summed E-state index contributed by atoms with van der Waals surface area (Å²) in [5.41, 5.74) is 5.78. The van der Waals surface area contributed by atoms with Crippen molar-refractivity contribution in [3.05, 3.63) is 95.2 Å². The average Bonchev–Trinajstić information content (AvgIpc) is 3.38. The molecular weight excluding hydrogens is 414 g/mol. The number of carboxylic acids is 1. The second kappa shape index (κ2) is 8.66. The Morgan fingerprint density at radius 2 is 1.85 bits per heavy atom. The number of aryl methyl sites for hydroxylation is 1. The highest BCUT2D eigenvalue weighted by molar-refractivity contribution is 5.81. The van der Waals surface area contributed by atoms with Gasteiger partial charge < -0.3 is 19.1 Å². The molecule has 4 aromatic rings. The molecule has 0 spiro atoms. The second-order valence-electron chi connectivity index (χ2n) is 8.78. The van der Waals surface area contributed by atoms with E-state index in [-0.39, 0.29) is 5.92 Å². The summed E-state index contributed by atoms with van der Waals surface area (Å²) in [6.45, 7) is 5.55. The van der Waals surface area contributed by atoms with Crippen LogP contribution in [-0.4, -0.2) is 22.2 Å². The number of aliphatic carboxylic acids is 1. The smallest absolute Gasteiger partial charge is 0.306 e. The molecule has 5 nitrogen and oxygen atoms in total. The van der Waals surface area contributed by atoms with Gasteiger partial charge in [0, 0.05) is 35.3 Å². The predicted molar refractivity (Wildman–Crippen MR) is 128 cm³/mol. The van der Waals surface area contributed by atoms with Crippen LogP contribution < -0.4 is 9.47 Å². The first-order valence-corrected chi connectivity index (χ1v) is 11.2. The normalized spacial score (nSPS) is 15.8. The van der Waals surface area contributed by atoms with Crippen LogP contribution in [0.3, 0.4) is 0 Å². The van der Waals surface area contributed by atoms with Crippen molar-refractivity contribution in [2.24, 2.45) is 5.92 Å². The number of benzene rings is 3. The van der Waals surface area contributed by atoms with Gasteiger partial charge in [0.15, 0.2) is 0 Å². The van der Waals surface area contributed by atoms with Crippen molar-refractivity contribution in [2.45, 2.75) is 32.9 Å². The quantitative estimate of drug-likeness (QED) is 0.395. The molecule has 1 N–H and O–H groups in total. The molecule has 0 amide bonds. The Morgan fingerprint density at radius 3 is 2.64 bits per heavy atom. The van der Waals surface area contributed by atoms with E-state index in [9.17, 15) is 9.90 Å².